The first-order valence-corrected chi connectivity index (χ1v) is 10.3. The van der Waals surface area contributed by atoms with Crippen LogP contribution in [0.5, 0.6) is 5.75 Å². The molecule has 1 aromatic heterocycles. The Kier molecular flexibility index (Phi) is 6.16. The normalized spacial score (nSPS) is 12.3. The highest BCUT2D eigenvalue weighted by atomic mass is 32.2. The highest BCUT2D eigenvalue weighted by Gasteiger charge is 2.27. The summed E-state index contributed by atoms with van der Waals surface area (Å²) in [5.74, 6) is -0.0556. The summed E-state index contributed by atoms with van der Waals surface area (Å²) in [4.78, 5) is 15.7. The molecular formula is C20H20N4O4S. The van der Waals surface area contributed by atoms with Crippen LogP contribution in [0.2, 0.25) is 0 Å². The van der Waals surface area contributed by atoms with Gasteiger partial charge in [0, 0.05) is 17.1 Å². The van der Waals surface area contributed by atoms with E-state index in [9.17, 15) is 13.2 Å². The molecule has 3 rings (SSSR count). The number of nitrogens with zero attached hydrogens (tertiary/aromatic N) is 1. The van der Waals surface area contributed by atoms with Crippen LogP contribution in [-0.2, 0) is 21.2 Å². The molecule has 9 heteroatoms. The number of ether oxygens (including phenoxy) is 1. The summed E-state index contributed by atoms with van der Waals surface area (Å²) in [6.07, 6.45) is 1.87. The predicted molar refractivity (Wildman–Crippen MR) is 108 cm³/mol. The number of hydrogen-bond acceptors (Lipinski definition) is 5. The maximum atomic E-state index is 12.8. The molecular weight excluding hydrogens is 392 g/mol. The Morgan fingerprint density at radius 1 is 1.21 bits per heavy atom. The largest absolute Gasteiger partial charge is 0.497 e. The van der Waals surface area contributed by atoms with Crippen LogP contribution in [0.15, 0.2) is 59.6 Å². The van der Waals surface area contributed by atoms with E-state index >= 15 is 0 Å². The molecule has 0 aliphatic heterocycles. The van der Waals surface area contributed by atoms with E-state index in [0.717, 1.165) is 16.5 Å². The zero-order valence-corrected chi connectivity index (χ0v) is 16.5. The van der Waals surface area contributed by atoms with Gasteiger partial charge in [0.2, 0.25) is 15.9 Å². The first-order chi connectivity index (χ1) is 13.9. The molecule has 0 saturated carbocycles. The van der Waals surface area contributed by atoms with Crippen molar-refractivity contribution < 1.29 is 17.9 Å². The predicted octanol–water partition coefficient (Wildman–Crippen LogP) is 1.71. The zero-order valence-electron chi connectivity index (χ0n) is 15.7. The van der Waals surface area contributed by atoms with Crippen molar-refractivity contribution in [2.45, 2.75) is 17.4 Å². The number of nitrogens with one attached hydrogen (secondary N) is 3. The summed E-state index contributed by atoms with van der Waals surface area (Å²) in [6, 6.07) is 14.1. The van der Waals surface area contributed by atoms with Gasteiger partial charge < -0.3 is 15.0 Å². The lowest BCUT2D eigenvalue weighted by Crippen LogP contribution is -2.48. The number of amides is 1. The summed E-state index contributed by atoms with van der Waals surface area (Å²) >= 11 is 0. The quantitative estimate of drug-likeness (QED) is 0.486. The number of hydrogen-bond donors (Lipinski definition) is 3. The standard InChI is InChI=1S/C20H20N4O4S/c1-28-15-6-8-16(9-7-15)29(26,27)24-19(20(25)22-11-10-21)12-14-13-23-18-5-3-2-4-17(14)18/h2-9,13,19,23-24H,11-12H2,1H3,(H,22,25). The van der Waals surface area contributed by atoms with E-state index in [-0.39, 0.29) is 17.9 Å². The number of carbonyl (C=O) groups is 1. The smallest absolute Gasteiger partial charge is 0.241 e. The Hall–Kier alpha value is -3.35. The Bertz CT molecular complexity index is 1150. The van der Waals surface area contributed by atoms with Gasteiger partial charge in [0.25, 0.3) is 0 Å². The number of nitriles is 1. The van der Waals surface area contributed by atoms with Crippen LogP contribution in [0, 0.1) is 11.3 Å². The number of sulfonamides is 1. The fourth-order valence-corrected chi connectivity index (χ4v) is 4.16. The highest BCUT2D eigenvalue weighted by Crippen LogP contribution is 2.20. The molecule has 29 heavy (non-hydrogen) atoms. The molecule has 0 saturated heterocycles. The van der Waals surface area contributed by atoms with Crippen LogP contribution < -0.4 is 14.8 Å². The number of aromatic nitrogens is 1. The third kappa shape index (κ3) is 4.74. The third-order valence-corrected chi connectivity index (χ3v) is 5.91. The van der Waals surface area contributed by atoms with E-state index in [1.807, 2.05) is 30.3 Å². The van der Waals surface area contributed by atoms with E-state index < -0.39 is 22.0 Å². The molecule has 1 heterocycles. The SMILES string of the molecule is COc1ccc(S(=O)(=O)NC(Cc2c[nH]c3ccccc23)C(=O)NCC#N)cc1. The summed E-state index contributed by atoms with van der Waals surface area (Å²) < 4.78 is 33.1. The minimum absolute atomic E-state index is 0.00955. The van der Waals surface area contributed by atoms with E-state index in [0.29, 0.717) is 5.75 Å². The average Bonchev–Trinajstić information content (AvgIpc) is 3.14. The summed E-state index contributed by atoms with van der Waals surface area (Å²) in [5.41, 5.74) is 1.67. The number of rotatable bonds is 8. The minimum Gasteiger partial charge on any atom is -0.497 e. The molecule has 1 amide bonds. The Morgan fingerprint density at radius 2 is 1.93 bits per heavy atom. The topological polar surface area (TPSA) is 124 Å². The second kappa shape index (κ2) is 8.77. The van der Waals surface area contributed by atoms with Gasteiger partial charge in [0.1, 0.15) is 18.3 Å². The first-order valence-electron chi connectivity index (χ1n) is 8.80. The number of benzene rings is 2. The van der Waals surface area contributed by atoms with Crippen molar-refractivity contribution >= 4 is 26.8 Å². The van der Waals surface area contributed by atoms with Gasteiger partial charge in [0.15, 0.2) is 0 Å². The van der Waals surface area contributed by atoms with Crippen molar-refractivity contribution in [3.8, 4) is 11.8 Å². The second-order valence-electron chi connectivity index (χ2n) is 6.29. The molecule has 0 fully saturated rings. The number of aromatic amines is 1. The molecule has 0 spiro atoms. The average molecular weight is 412 g/mol. The number of para-hydroxylation sites is 1. The van der Waals surface area contributed by atoms with E-state index in [4.69, 9.17) is 10.00 Å². The lowest BCUT2D eigenvalue weighted by Gasteiger charge is -2.18. The van der Waals surface area contributed by atoms with Crippen LogP contribution in [0.25, 0.3) is 10.9 Å². The number of carbonyl (C=O) groups excluding carboxylic acids is 1. The van der Waals surface area contributed by atoms with Gasteiger partial charge in [-0.15, -0.1) is 0 Å². The molecule has 1 atom stereocenters. The van der Waals surface area contributed by atoms with Crippen molar-refractivity contribution in [3.05, 3.63) is 60.3 Å². The van der Waals surface area contributed by atoms with Crippen molar-refractivity contribution in [1.29, 1.82) is 5.26 Å². The summed E-state index contributed by atoms with van der Waals surface area (Å²) in [7, 11) is -2.49. The molecule has 3 N–H and O–H groups in total. The van der Waals surface area contributed by atoms with Crippen LogP contribution >= 0.6 is 0 Å². The molecule has 0 radical (unpaired) electrons. The van der Waals surface area contributed by atoms with Gasteiger partial charge in [0.05, 0.1) is 18.1 Å². The first kappa shape index (κ1) is 20.4. The summed E-state index contributed by atoms with van der Waals surface area (Å²) in [5, 5.41) is 12.1. The molecule has 1 unspecified atom stereocenters. The Labute approximate surface area is 168 Å². The van der Waals surface area contributed by atoms with Crippen molar-refractivity contribution in [2.24, 2.45) is 0 Å². The highest BCUT2D eigenvalue weighted by molar-refractivity contribution is 7.89. The van der Waals surface area contributed by atoms with Gasteiger partial charge in [-0.25, -0.2) is 8.42 Å². The maximum Gasteiger partial charge on any atom is 0.241 e. The monoisotopic (exact) mass is 412 g/mol. The van der Waals surface area contributed by atoms with Gasteiger partial charge in [-0.1, -0.05) is 18.2 Å². The Morgan fingerprint density at radius 3 is 2.62 bits per heavy atom. The molecule has 3 aromatic rings. The molecule has 0 aliphatic rings. The van der Waals surface area contributed by atoms with Crippen LogP contribution in [-0.4, -0.2) is 39.0 Å². The molecule has 150 valence electrons. The van der Waals surface area contributed by atoms with Gasteiger partial charge in [-0.05, 0) is 42.3 Å². The third-order valence-electron chi connectivity index (χ3n) is 4.42. The summed E-state index contributed by atoms with van der Waals surface area (Å²) in [6.45, 7) is -0.215. The van der Waals surface area contributed by atoms with Crippen LogP contribution in [0.3, 0.4) is 0 Å². The Balaban J connectivity index is 1.88. The number of H-pyrrole nitrogens is 1. The number of fused-ring (bicyclic) bond motifs is 1. The second-order valence-corrected chi connectivity index (χ2v) is 8.00. The van der Waals surface area contributed by atoms with Gasteiger partial charge >= 0.3 is 0 Å². The molecule has 0 aliphatic carbocycles. The van der Waals surface area contributed by atoms with Crippen LogP contribution in [0.1, 0.15) is 5.56 Å². The molecule has 0 bridgehead atoms. The fraction of sp³-hybridized carbons (Fsp3) is 0.200. The van der Waals surface area contributed by atoms with E-state index in [2.05, 4.69) is 15.0 Å². The maximum absolute atomic E-state index is 12.8. The van der Waals surface area contributed by atoms with Crippen LogP contribution in [0.4, 0.5) is 0 Å². The van der Waals surface area contributed by atoms with E-state index in [1.165, 1.54) is 31.4 Å². The van der Waals surface area contributed by atoms with Crippen molar-refractivity contribution in [1.82, 2.24) is 15.0 Å². The van der Waals surface area contributed by atoms with Gasteiger partial charge in [-0.3, -0.25) is 4.79 Å². The van der Waals surface area contributed by atoms with Crippen molar-refractivity contribution in [3.63, 3.8) is 0 Å². The van der Waals surface area contributed by atoms with Crippen molar-refractivity contribution in [2.75, 3.05) is 13.7 Å². The minimum atomic E-state index is -3.97. The van der Waals surface area contributed by atoms with E-state index in [1.54, 1.807) is 6.20 Å². The fourth-order valence-electron chi connectivity index (χ4n) is 2.97. The lowest BCUT2D eigenvalue weighted by atomic mass is 10.1. The zero-order chi connectivity index (χ0) is 20.9. The lowest BCUT2D eigenvalue weighted by molar-refractivity contribution is -0.122. The number of methoxy groups -OCH3 is 1. The molecule has 2 aromatic carbocycles. The molecule has 8 nitrogen and oxygen atoms in total. The van der Waals surface area contributed by atoms with Gasteiger partial charge in [-0.2, -0.15) is 9.98 Å².